The van der Waals surface area contributed by atoms with Gasteiger partial charge in [-0.2, -0.15) is 0 Å². The molecule has 0 bridgehead atoms. The Morgan fingerprint density at radius 3 is 1.88 bits per heavy atom. The van der Waals surface area contributed by atoms with E-state index in [4.69, 9.17) is 5.11 Å². The van der Waals surface area contributed by atoms with Gasteiger partial charge in [0, 0.05) is 0 Å². The first-order valence-electron chi connectivity index (χ1n) is 3.17. The van der Waals surface area contributed by atoms with Crippen molar-refractivity contribution in [2.24, 2.45) is 0 Å². The van der Waals surface area contributed by atoms with E-state index in [-0.39, 0.29) is 0 Å². The predicted molar refractivity (Wildman–Crippen MR) is 42.7 cm³/mol. The fourth-order valence-electron chi connectivity index (χ4n) is 0.609. The van der Waals surface area contributed by atoms with Crippen molar-refractivity contribution in [3.05, 3.63) is 0 Å². The van der Waals surface area contributed by atoms with E-state index in [0.29, 0.717) is 6.61 Å². The summed E-state index contributed by atoms with van der Waals surface area (Å²) in [6, 6.07) is 0. The van der Waals surface area contributed by atoms with Crippen LogP contribution >= 0.6 is 7.26 Å². The van der Waals surface area contributed by atoms with Gasteiger partial charge in [0.15, 0.2) is 0 Å². The summed E-state index contributed by atoms with van der Waals surface area (Å²) in [4.78, 5) is 0. The summed E-state index contributed by atoms with van der Waals surface area (Å²) in [7, 11) is -0.838. The zero-order valence-electron chi connectivity index (χ0n) is 6.07. The van der Waals surface area contributed by atoms with E-state index >= 15 is 0 Å². The van der Waals surface area contributed by atoms with E-state index < -0.39 is 7.26 Å². The van der Waals surface area contributed by atoms with Gasteiger partial charge in [-0.05, 0) is 0 Å². The van der Waals surface area contributed by atoms with Gasteiger partial charge in [-0.1, -0.05) is 0 Å². The van der Waals surface area contributed by atoms with Crippen molar-refractivity contribution in [2.75, 3.05) is 32.8 Å². The average molecular weight is 136 g/mol. The molecule has 0 aromatic rings. The minimum absolute atomic E-state index is 0.365. The zero-order chi connectivity index (χ0) is 6.62. The van der Waals surface area contributed by atoms with Crippen LogP contribution in [0.4, 0.5) is 0 Å². The van der Waals surface area contributed by atoms with E-state index in [2.05, 4.69) is 20.0 Å². The normalized spacial score (nSPS) is 14.0. The molecule has 0 aliphatic carbocycles. The third kappa shape index (κ3) is 6.39. The molecule has 0 spiro atoms. The van der Waals surface area contributed by atoms with Crippen LogP contribution in [-0.4, -0.2) is 37.9 Å². The first-order valence-corrected chi connectivity index (χ1v) is 6.88. The molecule has 0 rings (SSSR count). The maximum atomic E-state index is 8.45. The number of aliphatic hydroxyl groups excluding tert-OH is 1. The number of hydrogen-bond acceptors (Lipinski definition) is 1. The third-order valence-electron chi connectivity index (χ3n) is 1.08. The van der Waals surface area contributed by atoms with Gasteiger partial charge in [-0.3, -0.25) is 0 Å². The zero-order valence-corrected chi connectivity index (χ0v) is 7.07. The van der Waals surface area contributed by atoms with Crippen LogP contribution in [0.1, 0.15) is 6.42 Å². The molecule has 0 fully saturated rings. The molecule has 0 aromatic heterocycles. The van der Waals surface area contributed by atoms with Crippen molar-refractivity contribution in [3.63, 3.8) is 0 Å². The van der Waals surface area contributed by atoms with Crippen molar-refractivity contribution < 1.29 is 5.11 Å². The van der Waals surface area contributed by atoms with Crippen molar-refractivity contribution >= 4 is 7.26 Å². The number of hydrogen-bond donors (Lipinski definition) is 1. The van der Waals surface area contributed by atoms with E-state index in [1.165, 1.54) is 6.16 Å². The van der Waals surface area contributed by atoms with Crippen molar-refractivity contribution in [1.82, 2.24) is 0 Å². The second kappa shape index (κ2) is 3.42. The second-order valence-electron chi connectivity index (χ2n) is 3.39. The summed E-state index contributed by atoms with van der Waals surface area (Å²) in [6.45, 7) is 7.33. The Hall–Kier alpha value is 0.390. The summed E-state index contributed by atoms with van der Waals surface area (Å²) in [5, 5.41) is 8.45. The summed E-state index contributed by atoms with van der Waals surface area (Å²) in [5.74, 6) is 0. The molecule has 0 radical (unpaired) electrons. The Bertz CT molecular complexity index is 56.0. The predicted octanol–water partition coefficient (Wildman–Crippen LogP) is 1.01. The molecule has 0 amide bonds. The molecule has 0 aliphatic rings. The molecule has 0 aromatic carbocycles. The third-order valence-corrected chi connectivity index (χ3v) is 2.94. The van der Waals surface area contributed by atoms with Crippen LogP contribution in [0.2, 0.25) is 0 Å². The van der Waals surface area contributed by atoms with Gasteiger partial charge >= 0.3 is 51.6 Å². The van der Waals surface area contributed by atoms with Gasteiger partial charge in [-0.25, -0.2) is 0 Å². The van der Waals surface area contributed by atoms with Crippen LogP contribution in [0.3, 0.4) is 0 Å². The number of rotatable bonds is 3. The van der Waals surface area contributed by atoms with Crippen LogP contribution < -0.4 is 0 Å². The van der Waals surface area contributed by atoms with E-state index in [0.717, 1.165) is 6.42 Å². The average Bonchev–Trinajstić information content (AvgIpc) is 1.59. The quantitative estimate of drug-likeness (QED) is 0.574. The van der Waals surface area contributed by atoms with Gasteiger partial charge < -0.3 is 0 Å². The van der Waals surface area contributed by atoms with Gasteiger partial charge in [0.1, 0.15) is 0 Å². The molecule has 0 atom stereocenters. The van der Waals surface area contributed by atoms with Crippen LogP contribution in [0.15, 0.2) is 0 Å². The van der Waals surface area contributed by atoms with Crippen LogP contribution in [0, 0.1) is 0 Å². The Labute approximate surface area is 52.4 Å². The molecule has 52 valence electrons. The van der Waals surface area contributed by atoms with E-state index in [1.807, 2.05) is 0 Å². The molecule has 1 N–H and O–H groups in total. The molecule has 0 saturated carbocycles. The second-order valence-corrected chi connectivity index (χ2v) is 9.01. The standard InChI is InChI=1S/C6H17OP/c1-8(2,3)6-4-5-7/h7-8H,4-6H2,1-3H3. The maximum absolute atomic E-state index is 8.45. The summed E-state index contributed by atoms with van der Waals surface area (Å²) in [5.41, 5.74) is 0. The van der Waals surface area contributed by atoms with E-state index in [9.17, 15) is 0 Å². The Morgan fingerprint density at radius 2 is 1.75 bits per heavy atom. The van der Waals surface area contributed by atoms with Crippen molar-refractivity contribution in [3.8, 4) is 0 Å². The molecular formula is C6H17OP. The first-order chi connectivity index (χ1) is 3.56. The van der Waals surface area contributed by atoms with Gasteiger partial charge in [-0.15, -0.1) is 0 Å². The molecule has 0 unspecified atom stereocenters. The summed E-state index contributed by atoms with van der Waals surface area (Å²) in [6.07, 6.45) is 2.25. The van der Waals surface area contributed by atoms with Gasteiger partial charge in [0.25, 0.3) is 0 Å². The molecule has 2 heteroatoms. The SMILES string of the molecule is C[PH](C)(C)CCCO. The van der Waals surface area contributed by atoms with Crippen LogP contribution in [0.25, 0.3) is 0 Å². The fourth-order valence-corrected chi connectivity index (χ4v) is 1.83. The monoisotopic (exact) mass is 136 g/mol. The fraction of sp³-hybridized carbons (Fsp3) is 1.00. The molecular weight excluding hydrogens is 119 g/mol. The number of aliphatic hydroxyl groups is 1. The van der Waals surface area contributed by atoms with Crippen LogP contribution in [-0.2, 0) is 0 Å². The van der Waals surface area contributed by atoms with Gasteiger partial charge in [0.05, 0.1) is 0 Å². The minimum atomic E-state index is -0.838. The Kier molecular flexibility index (Phi) is 3.59. The Morgan fingerprint density at radius 1 is 1.25 bits per heavy atom. The summed E-state index contributed by atoms with van der Waals surface area (Å²) >= 11 is 0. The van der Waals surface area contributed by atoms with Crippen molar-refractivity contribution in [2.45, 2.75) is 6.42 Å². The molecule has 1 nitrogen and oxygen atoms in total. The van der Waals surface area contributed by atoms with Crippen LogP contribution in [0.5, 0.6) is 0 Å². The Balaban J connectivity index is 3.11. The molecule has 8 heavy (non-hydrogen) atoms. The first kappa shape index (κ1) is 8.39. The molecule has 0 heterocycles. The topological polar surface area (TPSA) is 20.2 Å². The van der Waals surface area contributed by atoms with Crippen molar-refractivity contribution in [1.29, 1.82) is 0 Å². The molecule has 0 aliphatic heterocycles. The molecule has 0 saturated heterocycles. The van der Waals surface area contributed by atoms with E-state index in [1.54, 1.807) is 0 Å². The van der Waals surface area contributed by atoms with Gasteiger partial charge in [0.2, 0.25) is 0 Å². The summed E-state index contributed by atoms with van der Waals surface area (Å²) < 4.78 is 0.